The summed E-state index contributed by atoms with van der Waals surface area (Å²) in [6.45, 7) is 2.78. The zero-order valence-corrected chi connectivity index (χ0v) is 15.8. The Bertz CT molecular complexity index is 239. The molecule has 0 aliphatic heterocycles. The number of nitrogens with zero attached hydrogens (tertiary/aromatic N) is 3. The molecule has 0 spiro atoms. The molecule has 0 fully saturated rings. The molecule has 5 nitrogen and oxygen atoms in total. The standard InChI is InChI=1S/C7H16NO.C4H12NO.C4H12N/c1-7(9)5-6-8(2,3)4;1-5(2,3)4-6;1-5(2,3)4/h5-6H2,1-4H3;6H,4H2,1-3H3;1-4H3/q3*+1. The Labute approximate surface area is 127 Å². The van der Waals surface area contributed by atoms with E-state index in [1.165, 1.54) is 0 Å². The van der Waals surface area contributed by atoms with Crippen LogP contribution in [-0.4, -0.2) is 108 Å². The zero-order valence-electron chi connectivity index (χ0n) is 15.8. The maximum atomic E-state index is 10.5. The first-order valence-corrected chi connectivity index (χ1v) is 6.98. The molecule has 0 atom stereocenters. The first kappa shape index (κ1) is 24.5. The van der Waals surface area contributed by atoms with Crippen LogP contribution in [0.25, 0.3) is 0 Å². The van der Waals surface area contributed by atoms with Gasteiger partial charge in [-0.2, -0.15) is 0 Å². The number of hydrogen-bond donors (Lipinski definition) is 1. The second-order valence-electron chi connectivity index (χ2n) is 8.58. The minimum atomic E-state index is 0.208. The van der Waals surface area contributed by atoms with Gasteiger partial charge in [0.25, 0.3) is 0 Å². The number of rotatable bonds is 4. The Morgan fingerprint density at radius 2 is 1.05 bits per heavy atom. The predicted octanol–water partition coefficient (Wildman–Crippen LogP) is 0.637. The van der Waals surface area contributed by atoms with E-state index in [-0.39, 0.29) is 12.5 Å². The fraction of sp³-hybridized carbons (Fsp3) is 0.933. The van der Waals surface area contributed by atoms with Gasteiger partial charge < -0.3 is 18.6 Å². The van der Waals surface area contributed by atoms with Crippen molar-refractivity contribution in [2.45, 2.75) is 13.3 Å². The number of ketones is 1. The molecule has 0 bridgehead atoms. The van der Waals surface area contributed by atoms with Gasteiger partial charge >= 0.3 is 0 Å². The van der Waals surface area contributed by atoms with Crippen molar-refractivity contribution in [3.63, 3.8) is 0 Å². The van der Waals surface area contributed by atoms with Gasteiger partial charge in [-0.15, -0.1) is 0 Å². The van der Waals surface area contributed by atoms with Crippen molar-refractivity contribution < 1.29 is 23.4 Å². The van der Waals surface area contributed by atoms with Crippen molar-refractivity contribution in [1.82, 2.24) is 0 Å². The topological polar surface area (TPSA) is 37.3 Å². The van der Waals surface area contributed by atoms with Gasteiger partial charge in [-0.05, 0) is 6.92 Å². The summed E-state index contributed by atoms with van der Waals surface area (Å²) in [5.41, 5.74) is 0. The SMILES string of the molecule is CC(=O)CC[N+](C)(C)C.C[N+](C)(C)C.C[N+](C)(C)CO. The fourth-order valence-electron chi connectivity index (χ4n) is 0.493. The number of quaternary nitrogens is 3. The van der Waals surface area contributed by atoms with E-state index in [1.807, 2.05) is 21.1 Å². The molecule has 0 heterocycles. The van der Waals surface area contributed by atoms with Gasteiger partial charge in [0.05, 0.1) is 83.4 Å². The van der Waals surface area contributed by atoms with Gasteiger partial charge in [0.1, 0.15) is 5.78 Å². The molecule has 0 aromatic carbocycles. The van der Waals surface area contributed by atoms with E-state index >= 15 is 0 Å². The van der Waals surface area contributed by atoms with E-state index in [1.54, 1.807) is 6.92 Å². The van der Waals surface area contributed by atoms with Crippen LogP contribution >= 0.6 is 0 Å². The van der Waals surface area contributed by atoms with Crippen LogP contribution < -0.4 is 0 Å². The Balaban J connectivity index is -0.000000230. The maximum absolute atomic E-state index is 10.5. The van der Waals surface area contributed by atoms with Crippen LogP contribution in [0.1, 0.15) is 13.3 Å². The van der Waals surface area contributed by atoms with Gasteiger partial charge in [0, 0.05) is 0 Å². The smallest absolute Gasteiger partial charge is 0.179 e. The lowest BCUT2D eigenvalue weighted by molar-refractivity contribution is -0.889. The molecule has 5 heteroatoms. The Morgan fingerprint density at radius 3 is 1.10 bits per heavy atom. The second-order valence-corrected chi connectivity index (χ2v) is 8.58. The summed E-state index contributed by atoms with van der Waals surface area (Å²) in [6.07, 6.45) is 0.698. The first-order valence-electron chi connectivity index (χ1n) is 6.98. The maximum Gasteiger partial charge on any atom is 0.179 e. The molecule has 0 aliphatic carbocycles. The fourth-order valence-corrected chi connectivity index (χ4v) is 0.493. The van der Waals surface area contributed by atoms with Crippen molar-refractivity contribution in [2.75, 3.05) is 83.8 Å². The van der Waals surface area contributed by atoms with Gasteiger partial charge in [-0.25, -0.2) is 0 Å². The van der Waals surface area contributed by atoms with Crippen LogP contribution in [0.15, 0.2) is 0 Å². The third-order valence-electron chi connectivity index (χ3n) is 1.56. The average molecular weight is 295 g/mol. The summed E-state index contributed by atoms with van der Waals surface area (Å²) in [7, 11) is 20.6. The second kappa shape index (κ2) is 10.3. The Kier molecular flexibility index (Phi) is 12.6. The minimum absolute atomic E-state index is 0.208. The number of aliphatic hydroxyl groups excluding tert-OH is 1. The lowest BCUT2D eigenvalue weighted by atomic mass is 10.3. The van der Waals surface area contributed by atoms with E-state index in [9.17, 15) is 4.79 Å². The molecule has 124 valence electrons. The summed E-state index contributed by atoms with van der Waals surface area (Å²) in [6, 6.07) is 0. The number of hydrogen-bond acceptors (Lipinski definition) is 2. The highest BCUT2D eigenvalue weighted by Gasteiger charge is 2.06. The normalized spacial score (nSPS) is 11.8. The highest BCUT2D eigenvalue weighted by atomic mass is 16.3. The molecule has 0 aromatic heterocycles. The molecule has 1 N–H and O–H groups in total. The predicted molar refractivity (Wildman–Crippen MR) is 87.3 cm³/mol. The quantitative estimate of drug-likeness (QED) is 0.610. The Morgan fingerprint density at radius 1 is 0.800 bits per heavy atom. The van der Waals surface area contributed by atoms with Crippen LogP contribution in [0, 0.1) is 0 Å². The first-order chi connectivity index (χ1) is 8.48. The number of carbonyl (C=O) groups excluding carboxylic acids is 1. The van der Waals surface area contributed by atoms with E-state index in [0.717, 1.165) is 15.5 Å². The highest BCUT2D eigenvalue weighted by molar-refractivity contribution is 5.75. The minimum Gasteiger partial charge on any atom is -0.347 e. The van der Waals surface area contributed by atoms with Gasteiger partial charge in [-0.3, -0.25) is 4.79 Å². The van der Waals surface area contributed by atoms with Crippen molar-refractivity contribution in [3.8, 4) is 0 Å². The third kappa shape index (κ3) is 65.9. The van der Waals surface area contributed by atoms with Crippen molar-refractivity contribution in [2.24, 2.45) is 0 Å². The van der Waals surface area contributed by atoms with Crippen LogP contribution in [0.2, 0.25) is 0 Å². The number of carbonyl (C=O) groups is 1. The lowest BCUT2D eigenvalue weighted by Crippen LogP contribution is -2.36. The van der Waals surface area contributed by atoms with Crippen LogP contribution in [0.3, 0.4) is 0 Å². The molecule has 0 saturated heterocycles. The van der Waals surface area contributed by atoms with Crippen LogP contribution in [0.5, 0.6) is 0 Å². The average Bonchev–Trinajstić information content (AvgIpc) is 2.11. The van der Waals surface area contributed by atoms with E-state index in [4.69, 9.17) is 5.11 Å². The number of aliphatic hydroxyl groups is 1. The lowest BCUT2D eigenvalue weighted by Gasteiger charge is -2.22. The highest BCUT2D eigenvalue weighted by Crippen LogP contribution is 1.93. The van der Waals surface area contributed by atoms with E-state index in [2.05, 4.69) is 49.3 Å². The monoisotopic (exact) mass is 294 g/mol. The van der Waals surface area contributed by atoms with Crippen LogP contribution in [-0.2, 0) is 4.79 Å². The third-order valence-corrected chi connectivity index (χ3v) is 1.56. The van der Waals surface area contributed by atoms with Gasteiger partial charge in [0.15, 0.2) is 6.73 Å². The summed E-state index contributed by atoms with van der Waals surface area (Å²) < 4.78 is 2.50. The molecule has 0 rings (SSSR count). The van der Waals surface area contributed by atoms with Crippen molar-refractivity contribution in [1.29, 1.82) is 0 Å². The number of Topliss-reactive ketones (excluding diaryl/α,β-unsaturated/α-hetero) is 1. The largest absolute Gasteiger partial charge is 0.347 e. The zero-order chi connectivity index (χ0) is 17.2. The molecule has 0 saturated carbocycles. The van der Waals surface area contributed by atoms with Crippen molar-refractivity contribution in [3.05, 3.63) is 0 Å². The Hall–Kier alpha value is -0.490. The molecular weight excluding hydrogens is 254 g/mol. The molecule has 0 unspecified atom stereocenters. The molecule has 0 aromatic rings. The molecule has 20 heavy (non-hydrogen) atoms. The summed E-state index contributed by atoms with van der Waals surface area (Å²) >= 11 is 0. The molecule has 0 amide bonds. The van der Waals surface area contributed by atoms with Crippen LogP contribution in [0.4, 0.5) is 0 Å². The molecule has 0 radical (unpaired) electrons. The summed E-state index contributed by atoms with van der Waals surface area (Å²) in [5, 5.41) is 8.38. The van der Waals surface area contributed by atoms with Crippen molar-refractivity contribution >= 4 is 5.78 Å². The van der Waals surface area contributed by atoms with E-state index in [0.29, 0.717) is 10.9 Å². The molecule has 0 aliphatic rings. The molecular formula is C15H40N3O2+3. The summed E-state index contributed by atoms with van der Waals surface area (Å²) in [4.78, 5) is 10.5. The van der Waals surface area contributed by atoms with Gasteiger partial charge in [-0.1, -0.05) is 0 Å². The summed E-state index contributed by atoms with van der Waals surface area (Å²) in [5.74, 6) is 0.281. The van der Waals surface area contributed by atoms with Gasteiger partial charge in [0.2, 0.25) is 0 Å². The van der Waals surface area contributed by atoms with E-state index < -0.39 is 0 Å².